The van der Waals surface area contributed by atoms with E-state index in [4.69, 9.17) is 4.74 Å². The highest BCUT2D eigenvalue weighted by Gasteiger charge is 2.16. The van der Waals surface area contributed by atoms with Gasteiger partial charge in [-0.3, -0.25) is 14.9 Å². The van der Waals surface area contributed by atoms with Crippen LogP contribution in [0, 0.1) is 17.0 Å². The third-order valence-electron chi connectivity index (χ3n) is 3.28. The van der Waals surface area contributed by atoms with Gasteiger partial charge in [-0.05, 0) is 36.8 Å². The van der Waals surface area contributed by atoms with Crippen LogP contribution in [0.3, 0.4) is 0 Å². The highest BCUT2D eigenvalue weighted by molar-refractivity contribution is 7.89. The van der Waals surface area contributed by atoms with Crippen molar-refractivity contribution in [1.82, 2.24) is 4.72 Å². The van der Waals surface area contributed by atoms with E-state index in [1.165, 1.54) is 36.4 Å². The summed E-state index contributed by atoms with van der Waals surface area (Å²) in [5.74, 6) is -0.756. The Morgan fingerprint density at radius 2 is 1.72 bits per heavy atom. The molecule has 2 aromatic carbocycles. The van der Waals surface area contributed by atoms with Crippen LogP contribution in [0.1, 0.15) is 11.1 Å². The lowest BCUT2D eigenvalue weighted by Crippen LogP contribution is -2.30. The van der Waals surface area contributed by atoms with Crippen molar-refractivity contribution in [3.8, 4) is 0 Å². The lowest BCUT2D eigenvalue weighted by molar-refractivity contribution is -0.384. The van der Waals surface area contributed by atoms with Crippen LogP contribution in [0.5, 0.6) is 0 Å². The molecule has 0 heterocycles. The summed E-state index contributed by atoms with van der Waals surface area (Å²) in [5.41, 5.74) is 1.41. The molecule has 0 unspecified atom stereocenters. The molecule has 25 heavy (non-hydrogen) atoms. The fourth-order valence-corrected chi connectivity index (χ4v) is 2.85. The van der Waals surface area contributed by atoms with Gasteiger partial charge in [0.25, 0.3) is 5.69 Å². The number of benzene rings is 2. The van der Waals surface area contributed by atoms with Gasteiger partial charge in [-0.2, -0.15) is 4.72 Å². The molecule has 0 aliphatic carbocycles. The maximum Gasteiger partial charge on any atom is 0.321 e. The fourth-order valence-electron chi connectivity index (χ4n) is 1.88. The summed E-state index contributed by atoms with van der Waals surface area (Å²) in [6, 6.07) is 11.7. The summed E-state index contributed by atoms with van der Waals surface area (Å²) in [4.78, 5) is 21.7. The first-order chi connectivity index (χ1) is 11.8. The van der Waals surface area contributed by atoms with Crippen LogP contribution in [0.15, 0.2) is 53.4 Å². The number of esters is 1. The first-order valence-corrected chi connectivity index (χ1v) is 8.71. The molecule has 0 fully saturated rings. The van der Waals surface area contributed by atoms with Crippen molar-refractivity contribution in [2.24, 2.45) is 0 Å². The van der Waals surface area contributed by atoms with E-state index in [2.05, 4.69) is 4.72 Å². The number of rotatable bonds is 7. The first-order valence-electron chi connectivity index (χ1n) is 7.23. The Morgan fingerprint density at radius 3 is 2.28 bits per heavy atom. The molecule has 0 amide bonds. The number of nitrogens with one attached hydrogen (secondary N) is 1. The van der Waals surface area contributed by atoms with E-state index >= 15 is 0 Å². The number of aryl methyl sites for hydroxylation is 1. The zero-order chi connectivity index (χ0) is 18.4. The lowest BCUT2D eigenvalue weighted by atomic mass is 10.2. The van der Waals surface area contributed by atoms with Gasteiger partial charge in [-0.25, -0.2) is 8.42 Å². The van der Waals surface area contributed by atoms with Gasteiger partial charge in [-0.1, -0.05) is 17.7 Å². The normalized spacial score (nSPS) is 11.1. The number of nitro benzene ring substituents is 1. The van der Waals surface area contributed by atoms with Crippen molar-refractivity contribution in [3.63, 3.8) is 0 Å². The molecule has 0 saturated carbocycles. The van der Waals surface area contributed by atoms with E-state index in [0.29, 0.717) is 5.56 Å². The molecule has 2 rings (SSSR count). The predicted octanol–water partition coefficient (Wildman–Crippen LogP) is 1.92. The van der Waals surface area contributed by atoms with E-state index in [1.807, 2.05) is 6.92 Å². The van der Waals surface area contributed by atoms with Crippen LogP contribution >= 0.6 is 0 Å². The highest BCUT2D eigenvalue weighted by atomic mass is 32.2. The van der Waals surface area contributed by atoms with Crippen molar-refractivity contribution < 1.29 is 22.9 Å². The Hall–Kier alpha value is -2.78. The summed E-state index contributed by atoms with van der Waals surface area (Å²) < 4.78 is 31.2. The number of nitro groups is 1. The van der Waals surface area contributed by atoms with Crippen molar-refractivity contribution in [2.75, 3.05) is 6.54 Å². The van der Waals surface area contributed by atoms with Crippen molar-refractivity contribution >= 4 is 21.7 Å². The summed E-state index contributed by atoms with van der Waals surface area (Å²) >= 11 is 0. The standard InChI is InChI=1S/C16H16N2O6S/c1-12-2-8-15(9-3-12)25(22,23)17-10-16(19)24-11-13-4-6-14(7-5-13)18(20)21/h2-9,17H,10-11H2,1H3. The molecule has 0 radical (unpaired) electrons. The molecule has 1 N–H and O–H groups in total. The molecule has 9 heteroatoms. The maximum absolute atomic E-state index is 12.0. The second-order valence-corrected chi connectivity index (χ2v) is 6.99. The molecule has 0 aliphatic heterocycles. The molecule has 0 spiro atoms. The minimum atomic E-state index is -3.80. The zero-order valence-electron chi connectivity index (χ0n) is 13.3. The predicted molar refractivity (Wildman–Crippen MR) is 89.3 cm³/mol. The van der Waals surface area contributed by atoms with Crippen LogP contribution < -0.4 is 4.72 Å². The third kappa shape index (κ3) is 5.37. The summed E-state index contributed by atoms with van der Waals surface area (Å²) in [7, 11) is -3.80. The van der Waals surface area contributed by atoms with Crippen molar-refractivity contribution in [1.29, 1.82) is 0 Å². The second kappa shape index (κ2) is 7.86. The number of sulfonamides is 1. The molecule has 0 bridgehead atoms. The van der Waals surface area contributed by atoms with Gasteiger partial charge in [0.05, 0.1) is 9.82 Å². The Bertz CT molecular complexity index is 861. The van der Waals surface area contributed by atoms with E-state index < -0.39 is 27.5 Å². The Morgan fingerprint density at radius 1 is 1.12 bits per heavy atom. The first kappa shape index (κ1) is 18.6. The van der Waals surface area contributed by atoms with Gasteiger partial charge in [0, 0.05) is 12.1 Å². The molecular formula is C16H16N2O6S. The van der Waals surface area contributed by atoms with Crippen molar-refractivity contribution in [3.05, 3.63) is 69.8 Å². The molecule has 8 nitrogen and oxygen atoms in total. The molecule has 0 atom stereocenters. The average Bonchev–Trinajstić information content (AvgIpc) is 2.59. The van der Waals surface area contributed by atoms with E-state index in [0.717, 1.165) is 5.56 Å². The largest absolute Gasteiger partial charge is 0.460 e. The number of hydrogen-bond acceptors (Lipinski definition) is 6. The number of non-ortho nitro benzene ring substituents is 1. The number of carbonyl (C=O) groups is 1. The van der Waals surface area contributed by atoms with Gasteiger partial charge < -0.3 is 4.74 Å². The molecule has 0 saturated heterocycles. The monoisotopic (exact) mass is 364 g/mol. The quantitative estimate of drug-likeness (QED) is 0.456. The van der Waals surface area contributed by atoms with E-state index in [1.54, 1.807) is 12.1 Å². The summed E-state index contributed by atoms with van der Waals surface area (Å²) in [6.45, 7) is 1.21. The maximum atomic E-state index is 12.0. The van der Waals surface area contributed by atoms with Crippen LogP contribution in [0.2, 0.25) is 0 Å². The molecule has 2 aromatic rings. The van der Waals surface area contributed by atoms with Gasteiger partial charge in [0.15, 0.2) is 0 Å². The molecule has 0 aliphatic rings. The zero-order valence-corrected chi connectivity index (χ0v) is 14.2. The minimum Gasteiger partial charge on any atom is -0.460 e. The van der Waals surface area contributed by atoms with Gasteiger partial charge >= 0.3 is 5.97 Å². The van der Waals surface area contributed by atoms with Gasteiger partial charge in [0.1, 0.15) is 13.2 Å². The lowest BCUT2D eigenvalue weighted by Gasteiger charge is -2.08. The smallest absolute Gasteiger partial charge is 0.321 e. The van der Waals surface area contributed by atoms with E-state index in [9.17, 15) is 23.3 Å². The second-order valence-electron chi connectivity index (χ2n) is 5.22. The van der Waals surface area contributed by atoms with Gasteiger partial charge in [0.2, 0.25) is 10.0 Å². The van der Waals surface area contributed by atoms with Crippen LogP contribution in [-0.4, -0.2) is 25.9 Å². The topological polar surface area (TPSA) is 116 Å². The van der Waals surface area contributed by atoms with E-state index in [-0.39, 0.29) is 17.2 Å². The minimum absolute atomic E-state index is 0.0567. The summed E-state index contributed by atoms with van der Waals surface area (Å²) in [6.07, 6.45) is 0. The summed E-state index contributed by atoms with van der Waals surface area (Å²) in [5, 5.41) is 10.5. The average molecular weight is 364 g/mol. The number of hydrogen-bond donors (Lipinski definition) is 1. The molecular weight excluding hydrogens is 348 g/mol. The SMILES string of the molecule is Cc1ccc(S(=O)(=O)NCC(=O)OCc2ccc([N+](=O)[O-])cc2)cc1. The number of ether oxygens (including phenoxy) is 1. The van der Waals surface area contributed by atoms with Crippen LogP contribution in [0.4, 0.5) is 5.69 Å². The number of carbonyl (C=O) groups excluding carboxylic acids is 1. The Kier molecular flexibility index (Phi) is 5.84. The number of nitrogens with zero attached hydrogens (tertiary/aromatic N) is 1. The Balaban J connectivity index is 1.85. The molecule has 0 aromatic heterocycles. The van der Waals surface area contributed by atoms with Crippen molar-refractivity contribution in [2.45, 2.75) is 18.4 Å². The van der Waals surface area contributed by atoms with Crippen LogP contribution in [-0.2, 0) is 26.2 Å². The molecule has 132 valence electrons. The fraction of sp³-hybridized carbons (Fsp3) is 0.188. The highest BCUT2D eigenvalue weighted by Crippen LogP contribution is 2.13. The van der Waals surface area contributed by atoms with Gasteiger partial charge in [-0.15, -0.1) is 0 Å². The Labute approximate surface area is 144 Å². The third-order valence-corrected chi connectivity index (χ3v) is 4.70. The van der Waals surface area contributed by atoms with Crippen LogP contribution in [0.25, 0.3) is 0 Å².